The molecule has 138 valence electrons. The fourth-order valence-corrected chi connectivity index (χ4v) is 3.16. The SMILES string of the molecule is COc1cc(C)ccc1OCCNC(=O)N1CCC2(CC1)OCCO2. The van der Waals surface area contributed by atoms with Crippen molar-refractivity contribution < 1.29 is 23.7 Å². The highest BCUT2D eigenvalue weighted by atomic mass is 16.7. The van der Waals surface area contributed by atoms with Crippen LogP contribution in [0.5, 0.6) is 11.5 Å². The summed E-state index contributed by atoms with van der Waals surface area (Å²) in [7, 11) is 1.62. The molecule has 0 aliphatic carbocycles. The molecule has 0 radical (unpaired) electrons. The normalized spacial score (nSPS) is 19.0. The van der Waals surface area contributed by atoms with Crippen LogP contribution in [-0.2, 0) is 9.47 Å². The summed E-state index contributed by atoms with van der Waals surface area (Å²) in [4.78, 5) is 14.0. The van der Waals surface area contributed by atoms with Crippen LogP contribution in [0.1, 0.15) is 18.4 Å². The van der Waals surface area contributed by atoms with E-state index in [4.69, 9.17) is 18.9 Å². The number of piperidine rings is 1. The number of amides is 2. The first-order chi connectivity index (χ1) is 12.1. The molecule has 25 heavy (non-hydrogen) atoms. The summed E-state index contributed by atoms with van der Waals surface area (Å²) in [5.74, 6) is 0.920. The molecule has 0 atom stereocenters. The first kappa shape index (κ1) is 17.8. The van der Waals surface area contributed by atoms with Crippen molar-refractivity contribution in [3.05, 3.63) is 23.8 Å². The van der Waals surface area contributed by atoms with Gasteiger partial charge in [0.05, 0.1) is 26.9 Å². The number of urea groups is 1. The summed E-state index contributed by atoms with van der Waals surface area (Å²) in [5, 5.41) is 2.89. The zero-order chi connectivity index (χ0) is 17.7. The zero-order valence-corrected chi connectivity index (χ0v) is 14.9. The van der Waals surface area contributed by atoms with Gasteiger partial charge in [0.1, 0.15) is 6.61 Å². The Morgan fingerprint density at radius 2 is 1.96 bits per heavy atom. The molecule has 1 spiro atoms. The van der Waals surface area contributed by atoms with Gasteiger partial charge >= 0.3 is 6.03 Å². The number of nitrogens with one attached hydrogen (secondary N) is 1. The molecule has 1 aromatic carbocycles. The first-order valence-corrected chi connectivity index (χ1v) is 8.70. The van der Waals surface area contributed by atoms with Crippen molar-refractivity contribution in [3.63, 3.8) is 0 Å². The second kappa shape index (κ2) is 7.93. The molecule has 2 fully saturated rings. The van der Waals surface area contributed by atoms with E-state index in [9.17, 15) is 4.79 Å². The van der Waals surface area contributed by atoms with Crippen molar-refractivity contribution in [3.8, 4) is 11.5 Å². The molecule has 0 saturated carbocycles. The fourth-order valence-electron chi connectivity index (χ4n) is 3.16. The van der Waals surface area contributed by atoms with Crippen LogP contribution in [0.15, 0.2) is 18.2 Å². The van der Waals surface area contributed by atoms with Gasteiger partial charge in [-0.1, -0.05) is 6.07 Å². The molecule has 1 N–H and O–H groups in total. The number of benzene rings is 1. The van der Waals surface area contributed by atoms with Crippen molar-refractivity contribution in [2.45, 2.75) is 25.6 Å². The summed E-state index contributed by atoms with van der Waals surface area (Å²) in [6.07, 6.45) is 1.44. The highest BCUT2D eigenvalue weighted by Gasteiger charge is 2.40. The molecule has 3 rings (SSSR count). The number of hydrogen-bond acceptors (Lipinski definition) is 5. The number of aryl methyl sites for hydroxylation is 1. The van der Waals surface area contributed by atoms with Gasteiger partial charge < -0.3 is 29.2 Å². The molecule has 0 aromatic heterocycles. The largest absolute Gasteiger partial charge is 0.493 e. The summed E-state index contributed by atoms with van der Waals surface area (Å²) in [6.45, 7) is 5.38. The third kappa shape index (κ3) is 4.35. The van der Waals surface area contributed by atoms with Crippen LogP contribution in [0.25, 0.3) is 0 Å². The van der Waals surface area contributed by atoms with E-state index in [1.54, 1.807) is 12.0 Å². The van der Waals surface area contributed by atoms with Gasteiger partial charge in [-0.05, 0) is 24.6 Å². The summed E-state index contributed by atoms with van der Waals surface area (Å²) in [6, 6.07) is 5.69. The average molecular weight is 350 g/mol. The van der Waals surface area contributed by atoms with Gasteiger partial charge in [-0.3, -0.25) is 0 Å². The van der Waals surface area contributed by atoms with Crippen LogP contribution in [0.3, 0.4) is 0 Å². The van der Waals surface area contributed by atoms with Crippen LogP contribution in [0, 0.1) is 6.92 Å². The number of likely N-dealkylation sites (tertiary alicyclic amines) is 1. The van der Waals surface area contributed by atoms with Gasteiger partial charge in [0.2, 0.25) is 0 Å². The highest BCUT2D eigenvalue weighted by molar-refractivity contribution is 5.74. The van der Waals surface area contributed by atoms with Gasteiger partial charge in [0.25, 0.3) is 0 Å². The van der Waals surface area contributed by atoms with E-state index in [-0.39, 0.29) is 6.03 Å². The Bertz CT molecular complexity index is 591. The Balaban J connectivity index is 1.38. The topological polar surface area (TPSA) is 69.3 Å². The Hall–Kier alpha value is -1.99. The van der Waals surface area contributed by atoms with Crippen LogP contribution >= 0.6 is 0 Å². The third-order valence-electron chi connectivity index (χ3n) is 4.58. The van der Waals surface area contributed by atoms with Crippen LogP contribution in [0.2, 0.25) is 0 Å². The maximum Gasteiger partial charge on any atom is 0.317 e. The predicted molar refractivity (Wildman–Crippen MR) is 92.1 cm³/mol. The third-order valence-corrected chi connectivity index (χ3v) is 4.58. The summed E-state index contributed by atoms with van der Waals surface area (Å²) in [5.41, 5.74) is 1.11. The molecule has 0 bridgehead atoms. The van der Waals surface area contributed by atoms with E-state index in [0.29, 0.717) is 51.0 Å². The lowest BCUT2D eigenvalue weighted by Crippen LogP contribution is -2.50. The van der Waals surface area contributed by atoms with E-state index in [0.717, 1.165) is 18.4 Å². The van der Waals surface area contributed by atoms with Gasteiger partial charge in [0.15, 0.2) is 17.3 Å². The molecule has 2 aliphatic rings. The smallest absolute Gasteiger partial charge is 0.317 e. The maximum atomic E-state index is 12.2. The monoisotopic (exact) mass is 350 g/mol. The minimum Gasteiger partial charge on any atom is -0.493 e. The van der Waals surface area contributed by atoms with Gasteiger partial charge in [-0.2, -0.15) is 0 Å². The highest BCUT2D eigenvalue weighted by Crippen LogP contribution is 2.31. The van der Waals surface area contributed by atoms with Crippen LogP contribution < -0.4 is 14.8 Å². The quantitative estimate of drug-likeness (QED) is 0.822. The van der Waals surface area contributed by atoms with E-state index >= 15 is 0 Å². The molecular weight excluding hydrogens is 324 g/mol. The van der Waals surface area contributed by atoms with Gasteiger partial charge in [0, 0.05) is 25.9 Å². The van der Waals surface area contributed by atoms with E-state index in [2.05, 4.69) is 5.32 Å². The van der Waals surface area contributed by atoms with Crippen LogP contribution in [0.4, 0.5) is 4.79 Å². The summed E-state index contributed by atoms with van der Waals surface area (Å²) < 4.78 is 22.3. The Kier molecular flexibility index (Phi) is 5.65. The van der Waals surface area contributed by atoms with Crippen molar-refractivity contribution in [1.29, 1.82) is 0 Å². The molecule has 2 amide bonds. The lowest BCUT2D eigenvalue weighted by atomic mass is 10.0. The Morgan fingerprint density at radius 1 is 1.24 bits per heavy atom. The minimum atomic E-state index is -0.456. The molecular formula is C18H26N2O5. The minimum absolute atomic E-state index is 0.0766. The first-order valence-electron chi connectivity index (χ1n) is 8.70. The number of ether oxygens (including phenoxy) is 4. The van der Waals surface area contributed by atoms with E-state index < -0.39 is 5.79 Å². The number of carbonyl (C=O) groups excluding carboxylic acids is 1. The Labute approximate surface area is 148 Å². The molecule has 2 aliphatic heterocycles. The van der Waals surface area contributed by atoms with Crippen molar-refractivity contribution >= 4 is 6.03 Å². The van der Waals surface area contributed by atoms with Crippen molar-refractivity contribution in [2.75, 3.05) is 46.6 Å². The number of carbonyl (C=O) groups is 1. The second-order valence-corrected chi connectivity index (χ2v) is 6.33. The zero-order valence-electron chi connectivity index (χ0n) is 14.9. The van der Waals surface area contributed by atoms with Crippen molar-refractivity contribution in [2.24, 2.45) is 0 Å². The number of rotatable bonds is 5. The Morgan fingerprint density at radius 3 is 2.64 bits per heavy atom. The maximum absolute atomic E-state index is 12.2. The standard InChI is InChI=1S/C18H26N2O5/c1-14-3-4-15(16(13-14)22-2)23-10-7-19-17(21)20-8-5-18(6-9-20)24-11-12-25-18/h3-4,13H,5-12H2,1-2H3,(H,19,21). The molecule has 2 heterocycles. The lowest BCUT2D eigenvalue weighted by molar-refractivity contribution is -0.181. The molecule has 2 saturated heterocycles. The number of methoxy groups -OCH3 is 1. The molecule has 7 heteroatoms. The van der Waals surface area contributed by atoms with Crippen LogP contribution in [-0.4, -0.2) is 63.3 Å². The predicted octanol–water partition coefficient (Wildman–Crippen LogP) is 1.93. The summed E-state index contributed by atoms with van der Waals surface area (Å²) >= 11 is 0. The second-order valence-electron chi connectivity index (χ2n) is 6.33. The average Bonchev–Trinajstić information content (AvgIpc) is 3.08. The number of nitrogens with zero attached hydrogens (tertiary/aromatic N) is 1. The fraction of sp³-hybridized carbons (Fsp3) is 0.611. The molecule has 1 aromatic rings. The van der Waals surface area contributed by atoms with E-state index in [1.807, 2.05) is 25.1 Å². The molecule has 7 nitrogen and oxygen atoms in total. The lowest BCUT2D eigenvalue weighted by Gasteiger charge is -2.37. The van der Waals surface area contributed by atoms with Gasteiger partial charge in [-0.15, -0.1) is 0 Å². The van der Waals surface area contributed by atoms with Gasteiger partial charge in [-0.25, -0.2) is 4.79 Å². The van der Waals surface area contributed by atoms with E-state index in [1.165, 1.54) is 0 Å². The van der Waals surface area contributed by atoms with Crippen molar-refractivity contribution in [1.82, 2.24) is 10.2 Å². The molecule has 0 unspecified atom stereocenters. The number of hydrogen-bond donors (Lipinski definition) is 1.